The molecule has 0 spiro atoms. The highest BCUT2D eigenvalue weighted by Gasteiger charge is 2.81. The molecule has 2 aliphatic carbocycles. The van der Waals surface area contributed by atoms with Crippen LogP contribution in [0.1, 0.15) is 32.1 Å². The van der Waals surface area contributed by atoms with Crippen LogP contribution in [0.15, 0.2) is 0 Å². The van der Waals surface area contributed by atoms with Gasteiger partial charge >= 0.3 is 6.18 Å². The summed E-state index contributed by atoms with van der Waals surface area (Å²) in [4.78, 5) is 12.1. The molecular weight excluding hydrogens is 271 g/mol. The minimum absolute atomic E-state index is 0.0415. The quantitative estimate of drug-likeness (QED) is 0.724. The van der Waals surface area contributed by atoms with Gasteiger partial charge in [0.1, 0.15) is 0 Å². The van der Waals surface area contributed by atoms with Gasteiger partial charge in [-0.3, -0.25) is 4.79 Å². The van der Waals surface area contributed by atoms with E-state index in [0.29, 0.717) is 19.4 Å². The molecule has 7 heteroatoms. The van der Waals surface area contributed by atoms with Crippen molar-refractivity contribution < 1.29 is 18.0 Å². The smallest absolute Gasteiger partial charge is 0.354 e. The first-order chi connectivity index (χ1) is 9.25. The molecule has 2 atom stereocenters. The monoisotopic (exact) mass is 291 g/mol. The van der Waals surface area contributed by atoms with Crippen LogP contribution in [0, 0.1) is 10.8 Å². The maximum Gasteiger partial charge on any atom is 0.396 e. The number of hydrogen-bond donors (Lipinski definition) is 3. The average molecular weight is 291 g/mol. The van der Waals surface area contributed by atoms with Crippen LogP contribution in [-0.4, -0.2) is 37.3 Å². The fourth-order valence-electron chi connectivity index (χ4n) is 3.98. The summed E-state index contributed by atoms with van der Waals surface area (Å²) >= 11 is 0. The number of alkyl halides is 3. The fraction of sp³-hybridized carbons (Fsp3) is 0.923. The predicted molar refractivity (Wildman–Crippen MR) is 66.8 cm³/mol. The second-order valence-electron chi connectivity index (χ2n) is 6.69. The number of fused-ring (bicyclic) bond motifs is 1. The van der Waals surface area contributed by atoms with Gasteiger partial charge in [-0.1, -0.05) is 12.8 Å². The molecule has 0 bridgehead atoms. The zero-order chi connectivity index (χ0) is 14.6. The molecule has 20 heavy (non-hydrogen) atoms. The summed E-state index contributed by atoms with van der Waals surface area (Å²) in [6, 6.07) is 0. The van der Waals surface area contributed by atoms with Gasteiger partial charge in [0.2, 0.25) is 5.91 Å². The molecule has 1 heterocycles. The molecule has 0 aromatic carbocycles. The maximum absolute atomic E-state index is 13.2. The van der Waals surface area contributed by atoms with Crippen molar-refractivity contribution in [3.63, 3.8) is 0 Å². The molecule has 0 aromatic heterocycles. The van der Waals surface area contributed by atoms with Crippen molar-refractivity contribution in [2.24, 2.45) is 16.6 Å². The second kappa shape index (κ2) is 4.10. The summed E-state index contributed by atoms with van der Waals surface area (Å²) in [5.74, 6) is -0.292. The number of piperidine rings is 1. The maximum atomic E-state index is 13.2. The summed E-state index contributed by atoms with van der Waals surface area (Å²) in [5, 5.41) is 5.49. The first-order valence-electron chi connectivity index (χ1n) is 7.10. The van der Waals surface area contributed by atoms with E-state index in [2.05, 4.69) is 10.6 Å². The number of carbonyl (C=O) groups is 1. The highest BCUT2D eigenvalue weighted by Crippen LogP contribution is 2.72. The first-order valence-corrected chi connectivity index (χ1v) is 7.10. The molecule has 3 fully saturated rings. The van der Waals surface area contributed by atoms with Crippen molar-refractivity contribution in [3.05, 3.63) is 0 Å². The Labute approximate surface area is 115 Å². The van der Waals surface area contributed by atoms with E-state index >= 15 is 0 Å². The Morgan fingerprint density at radius 3 is 2.45 bits per heavy atom. The standard InChI is InChI=1S/C13H20F3N3O/c14-13(15,16)12-5-10(12,6-18-8-12)7-19-9(20)11(17)3-1-2-4-11/h18H,1-8,17H2,(H,19,20)/t10-,12-/m1/s1. The fourth-order valence-corrected chi connectivity index (χ4v) is 3.98. The van der Waals surface area contributed by atoms with Crippen LogP contribution in [0.2, 0.25) is 0 Å². The molecule has 3 rings (SSSR count). The molecule has 4 N–H and O–H groups in total. The number of amides is 1. The third kappa shape index (κ3) is 1.79. The SMILES string of the molecule is NC1(C(=O)NC[C@@]23CNC[C@]2(C(F)(F)F)C3)CCCC1. The van der Waals surface area contributed by atoms with Gasteiger partial charge in [-0.05, 0) is 19.3 Å². The third-order valence-corrected chi connectivity index (χ3v) is 5.50. The van der Waals surface area contributed by atoms with Crippen LogP contribution in [0.3, 0.4) is 0 Å². The number of carbonyl (C=O) groups excluding carboxylic acids is 1. The number of nitrogens with one attached hydrogen (secondary N) is 2. The van der Waals surface area contributed by atoms with Crippen molar-refractivity contribution in [3.8, 4) is 0 Å². The van der Waals surface area contributed by atoms with Crippen molar-refractivity contribution in [1.82, 2.24) is 10.6 Å². The molecule has 1 amide bonds. The van der Waals surface area contributed by atoms with E-state index in [9.17, 15) is 18.0 Å². The minimum Gasteiger partial charge on any atom is -0.354 e. The third-order valence-electron chi connectivity index (χ3n) is 5.50. The van der Waals surface area contributed by atoms with Crippen LogP contribution >= 0.6 is 0 Å². The van der Waals surface area contributed by atoms with Crippen LogP contribution in [-0.2, 0) is 4.79 Å². The number of rotatable bonds is 3. The van der Waals surface area contributed by atoms with Crippen molar-refractivity contribution in [2.45, 2.75) is 43.8 Å². The Kier molecular flexibility index (Phi) is 2.90. The van der Waals surface area contributed by atoms with Crippen LogP contribution < -0.4 is 16.4 Å². The van der Waals surface area contributed by atoms with E-state index in [1.54, 1.807) is 0 Å². The molecule has 0 unspecified atom stereocenters. The highest BCUT2D eigenvalue weighted by atomic mass is 19.4. The number of nitrogens with two attached hydrogens (primary N) is 1. The summed E-state index contributed by atoms with van der Waals surface area (Å²) < 4.78 is 39.5. The first kappa shape index (κ1) is 14.1. The van der Waals surface area contributed by atoms with Gasteiger partial charge in [0, 0.05) is 25.0 Å². The van der Waals surface area contributed by atoms with Gasteiger partial charge in [-0.15, -0.1) is 0 Å². The van der Waals surface area contributed by atoms with E-state index in [-0.39, 0.29) is 25.4 Å². The summed E-state index contributed by atoms with van der Waals surface area (Å²) in [6.07, 6.45) is -1.06. The van der Waals surface area contributed by atoms with Gasteiger partial charge in [-0.25, -0.2) is 0 Å². The van der Waals surface area contributed by atoms with Gasteiger partial charge < -0.3 is 16.4 Å². The Bertz CT molecular complexity index is 433. The van der Waals surface area contributed by atoms with Gasteiger partial charge in [0.15, 0.2) is 0 Å². The van der Waals surface area contributed by atoms with E-state index in [4.69, 9.17) is 5.73 Å². The molecule has 114 valence electrons. The van der Waals surface area contributed by atoms with E-state index in [1.165, 1.54) is 0 Å². The largest absolute Gasteiger partial charge is 0.396 e. The number of halogens is 3. The molecule has 3 aliphatic rings. The molecule has 1 saturated heterocycles. The molecule has 0 radical (unpaired) electrons. The van der Waals surface area contributed by atoms with Gasteiger partial charge in [0.05, 0.1) is 11.0 Å². The lowest BCUT2D eigenvalue weighted by atomic mass is 9.94. The average Bonchev–Trinajstić information content (AvgIpc) is 2.72. The topological polar surface area (TPSA) is 67.2 Å². The molecule has 1 aliphatic heterocycles. The second-order valence-corrected chi connectivity index (χ2v) is 6.69. The van der Waals surface area contributed by atoms with E-state index < -0.39 is 22.5 Å². The van der Waals surface area contributed by atoms with Crippen LogP contribution in [0.25, 0.3) is 0 Å². The molecule has 0 aromatic rings. The number of hydrogen-bond acceptors (Lipinski definition) is 3. The van der Waals surface area contributed by atoms with E-state index in [0.717, 1.165) is 12.8 Å². The summed E-state index contributed by atoms with van der Waals surface area (Å²) in [5.41, 5.74) is 2.62. The Morgan fingerprint density at radius 1 is 1.25 bits per heavy atom. The zero-order valence-electron chi connectivity index (χ0n) is 11.3. The predicted octanol–water partition coefficient (Wildman–Crippen LogP) is 0.916. The Balaban J connectivity index is 1.64. The van der Waals surface area contributed by atoms with Crippen molar-refractivity contribution in [1.29, 1.82) is 0 Å². The van der Waals surface area contributed by atoms with Gasteiger partial charge in [-0.2, -0.15) is 13.2 Å². The zero-order valence-corrected chi connectivity index (χ0v) is 11.3. The van der Waals surface area contributed by atoms with Crippen molar-refractivity contribution in [2.75, 3.05) is 19.6 Å². The lowest BCUT2D eigenvalue weighted by Crippen LogP contribution is -2.53. The molecule has 4 nitrogen and oxygen atoms in total. The summed E-state index contributed by atoms with van der Waals surface area (Å²) in [7, 11) is 0. The highest BCUT2D eigenvalue weighted by molar-refractivity contribution is 5.86. The lowest BCUT2D eigenvalue weighted by molar-refractivity contribution is -0.190. The Morgan fingerprint density at radius 2 is 1.90 bits per heavy atom. The van der Waals surface area contributed by atoms with Gasteiger partial charge in [0.25, 0.3) is 0 Å². The van der Waals surface area contributed by atoms with Crippen LogP contribution in [0.5, 0.6) is 0 Å². The summed E-state index contributed by atoms with van der Waals surface area (Å²) in [6.45, 7) is 0.335. The van der Waals surface area contributed by atoms with Crippen molar-refractivity contribution >= 4 is 5.91 Å². The molecule has 2 saturated carbocycles. The minimum atomic E-state index is -4.21. The Hall–Kier alpha value is -0.820. The van der Waals surface area contributed by atoms with E-state index in [1.807, 2.05) is 0 Å². The normalized spacial score (nSPS) is 38.6. The lowest BCUT2D eigenvalue weighted by Gasteiger charge is -2.25. The van der Waals surface area contributed by atoms with Crippen LogP contribution in [0.4, 0.5) is 13.2 Å². The molecular formula is C13H20F3N3O.